The first kappa shape index (κ1) is 21.4. The number of nitrogens with one attached hydrogen (secondary N) is 1. The standard InChI is InChI=1S/C17H24N2O6S2/c1-5-9-19(17(3)8-10-26(21,22)12-17)27(23,24)16-11-14(18-13(2)20)6-7-15(16)25-4/h5-7,11H,1,8-10,12H2,2-4H3,(H,18,20)/t17-/m0/s1. The molecule has 1 amide bonds. The van der Waals surface area contributed by atoms with Gasteiger partial charge in [-0.25, -0.2) is 16.8 Å². The minimum atomic E-state index is -4.13. The summed E-state index contributed by atoms with van der Waals surface area (Å²) in [5.74, 6) is -0.584. The topological polar surface area (TPSA) is 110 Å². The number of rotatable bonds is 7. The highest BCUT2D eigenvalue weighted by Crippen LogP contribution is 2.37. The number of methoxy groups -OCH3 is 1. The number of carbonyl (C=O) groups is 1. The van der Waals surface area contributed by atoms with Crippen LogP contribution in [0.1, 0.15) is 20.3 Å². The summed E-state index contributed by atoms with van der Waals surface area (Å²) in [4.78, 5) is 11.2. The van der Waals surface area contributed by atoms with Crippen molar-refractivity contribution in [1.29, 1.82) is 0 Å². The Labute approximate surface area is 160 Å². The Morgan fingerprint density at radius 2 is 2.11 bits per heavy atom. The number of sulfonamides is 1. The lowest BCUT2D eigenvalue weighted by Crippen LogP contribution is -2.50. The van der Waals surface area contributed by atoms with Crippen LogP contribution in [-0.4, -0.2) is 57.7 Å². The van der Waals surface area contributed by atoms with Crippen molar-refractivity contribution in [2.24, 2.45) is 0 Å². The predicted molar refractivity (Wildman–Crippen MR) is 103 cm³/mol. The molecule has 0 unspecified atom stereocenters. The quantitative estimate of drug-likeness (QED) is 0.673. The van der Waals surface area contributed by atoms with Gasteiger partial charge in [-0.3, -0.25) is 4.79 Å². The van der Waals surface area contributed by atoms with Gasteiger partial charge in [0.15, 0.2) is 9.84 Å². The molecule has 10 heteroatoms. The maximum absolute atomic E-state index is 13.4. The number of hydrogen-bond donors (Lipinski definition) is 1. The SMILES string of the molecule is C=CCN([C@@]1(C)CCS(=O)(=O)C1)S(=O)(=O)c1cc(NC(C)=O)ccc1OC. The first-order valence-electron chi connectivity index (χ1n) is 8.25. The molecule has 1 fully saturated rings. The van der Waals surface area contributed by atoms with Gasteiger partial charge in [0, 0.05) is 24.7 Å². The van der Waals surface area contributed by atoms with Crippen molar-refractivity contribution < 1.29 is 26.4 Å². The molecule has 1 aromatic carbocycles. The molecular weight excluding hydrogens is 392 g/mol. The molecule has 27 heavy (non-hydrogen) atoms. The molecule has 1 saturated heterocycles. The lowest BCUT2D eigenvalue weighted by Gasteiger charge is -2.36. The van der Waals surface area contributed by atoms with Crippen LogP contribution in [0.2, 0.25) is 0 Å². The Hall–Kier alpha value is -1.91. The predicted octanol–water partition coefficient (Wildman–Crippen LogP) is 1.41. The third-order valence-corrected chi connectivity index (χ3v) is 8.36. The molecule has 1 aromatic rings. The molecule has 1 aliphatic rings. The number of amides is 1. The monoisotopic (exact) mass is 416 g/mol. The van der Waals surface area contributed by atoms with Gasteiger partial charge in [0.25, 0.3) is 0 Å². The van der Waals surface area contributed by atoms with Crippen molar-refractivity contribution in [3.05, 3.63) is 30.9 Å². The van der Waals surface area contributed by atoms with E-state index in [9.17, 15) is 21.6 Å². The lowest BCUT2D eigenvalue weighted by atomic mass is 10.0. The zero-order chi connectivity index (χ0) is 20.5. The van der Waals surface area contributed by atoms with E-state index in [0.717, 1.165) is 4.31 Å². The highest BCUT2D eigenvalue weighted by molar-refractivity contribution is 7.92. The molecule has 0 saturated carbocycles. The summed E-state index contributed by atoms with van der Waals surface area (Å²) in [5.41, 5.74) is -0.800. The van der Waals surface area contributed by atoms with Crippen LogP contribution in [0.5, 0.6) is 5.75 Å². The largest absolute Gasteiger partial charge is 0.495 e. The molecular formula is C17H24N2O6S2. The Morgan fingerprint density at radius 3 is 2.59 bits per heavy atom. The van der Waals surface area contributed by atoms with Gasteiger partial charge in [0.2, 0.25) is 15.9 Å². The minimum Gasteiger partial charge on any atom is -0.495 e. The maximum Gasteiger partial charge on any atom is 0.247 e. The second-order valence-electron chi connectivity index (χ2n) is 6.71. The van der Waals surface area contributed by atoms with E-state index < -0.39 is 25.4 Å². The van der Waals surface area contributed by atoms with Crippen LogP contribution < -0.4 is 10.1 Å². The number of hydrogen-bond acceptors (Lipinski definition) is 6. The zero-order valence-electron chi connectivity index (χ0n) is 15.6. The van der Waals surface area contributed by atoms with E-state index in [2.05, 4.69) is 11.9 Å². The first-order valence-corrected chi connectivity index (χ1v) is 11.5. The molecule has 2 rings (SSSR count). The summed E-state index contributed by atoms with van der Waals surface area (Å²) in [6.07, 6.45) is 1.61. The molecule has 8 nitrogen and oxygen atoms in total. The second kappa shape index (κ2) is 7.61. The summed E-state index contributed by atoms with van der Waals surface area (Å²) in [5, 5.41) is 2.54. The Balaban J connectivity index is 2.59. The van der Waals surface area contributed by atoms with E-state index in [-0.39, 0.29) is 41.0 Å². The summed E-state index contributed by atoms with van der Waals surface area (Å²) >= 11 is 0. The van der Waals surface area contributed by atoms with E-state index >= 15 is 0 Å². The van der Waals surface area contributed by atoms with Gasteiger partial charge in [-0.15, -0.1) is 6.58 Å². The Bertz CT molecular complexity index is 956. The van der Waals surface area contributed by atoms with Crippen molar-refractivity contribution >= 4 is 31.5 Å². The van der Waals surface area contributed by atoms with E-state index in [1.165, 1.54) is 38.3 Å². The fraction of sp³-hybridized carbons (Fsp3) is 0.471. The number of nitrogens with zero attached hydrogens (tertiary/aromatic N) is 1. The molecule has 1 atom stereocenters. The normalized spacial score (nSPS) is 21.8. The molecule has 0 spiro atoms. The van der Waals surface area contributed by atoms with Crippen LogP contribution in [0.15, 0.2) is 35.7 Å². The van der Waals surface area contributed by atoms with Gasteiger partial charge in [0.05, 0.1) is 18.6 Å². The highest BCUT2D eigenvalue weighted by Gasteiger charge is 2.48. The molecule has 0 radical (unpaired) electrons. The zero-order valence-corrected chi connectivity index (χ0v) is 17.2. The fourth-order valence-electron chi connectivity index (χ4n) is 3.19. The smallest absolute Gasteiger partial charge is 0.247 e. The average Bonchev–Trinajstić information content (AvgIpc) is 2.85. The van der Waals surface area contributed by atoms with Crippen molar-refractivity contribution in [2.45, 2.75) is 30.7 Å². The number of anilines is 1. The number of sulfone groups is 1. The van der Waals surface area contributed by atoms with Crippen LogP contribution >= 0.6 is 0 Å². The third-order valence-electron chi connectivity index (χ3n) is 4.43. The number of benzene rings is 1. The van der Waals surface area contributed by atoms with Gasteiger partial charge in [-0.05, 0) is 31.5 Å². The molecule has 150 valence electrons. The van der Waals surface area contributed by atoms with Crippen molar-refractivity contribution in [2.75, 3.05) is 30.5 Å². The van der Waals surface area contributed by atoms with Gasteiger partial charge in [0.1, 0.15) is 10.6 Å². The van der Waals surface area contributed by atoms with Crippen LogP contribution in [0, 0.1) is 0 Å². The van der Waals surface area contributed by atoms with Gasteiger partial charge >= 0.3 is 0 Å². The molecule has 1 N–H and O–H groups in total. The Kier molecular flexibility index (Phi) is 6.03. The van der Waals surface area contributed by atoms with Crippen LogP contribution in [-0.2, 0) is 24.7 Å². The van der Waals surface area contributed by atoms with E-state index in [4.69, 9.17) is 4.74 Å². The molecule has 0 aliphatic carbocycles. The van der Waals surface area contributed by atoms with Crippen LogP contribution in [0.4, 0.5) is 5.69 Å². The van der Waals surface area contributed by atoms with E-state index in [1.807, 2.05) is 0 Å². The van der Waals surface area contributed by atoms with Crippen molar-refractivity contribution in [1.82, 2.24) is 4.31 Å². The summed E-state index contributed by atoms with van der Waals surface area (Å²) in [6.45, 7) is 6.47. The number of ether oxygens (including phenoxy) is 1. The van der Waals surface area contributed by atoms with E-state index in [0.29, 0.717) is 5.69 Å². The van der Waals surface area contributed by atoms with Crippen molar-refractivity contribution in [3.63, 3.8) is 0 Å². The second-order valence-corrected chi connectivity index (χ2v) is 10.7. The lowest BCUT2D eigenvalue weighted by molar-refractivity contribution is -0.114. The van der Waals surface area contributed by atoms with Gasteiger partial charge in [-0.2, -0.15) is 4.31 Å². The minimum absolute atomic E-state index is 0.0537. The van der Waals surface area contributed by atoms with Crippen LogP contribution in [0.25, 0.3) is 0 Å². The number of carbonyl (C=O) groups excluding carboxylic acids is 1. The summed E-state index contributed by atoms with van der Waals surface area (Å²) in [6, 6.07) is 4.27. The van der Waals surface area contributed by atoms with Crippen LogP contribution in [0.3, 0.4) is 0 Å². The summed E-state index contributed by atoms with van der Waals surface area (Å²) in [7, 11) is -6.12. The third kappa shape index (κ3) is 4.50. The average molecular weight is 417 g/mol. The van der Waals surface area contributed by atoms with Gasteiger partial charge in [-0.1, -0.05) is 6.08 Å². The molecule has 1 aliphatic heterocycles. The first-order chi connectivity index (χ1) is 12.4. The molecule has 0 aromatic heterocycles. The fourth-order valence-corrected chi connectivity index (χ4v) is 7.38. The molecule has 0 bridgehead atoms. The van der Waals surface area contributed by atoms with Crippen molar-refractivity contribution in [3.8, 4) is 5.75 Å². The van der Waals surface area contributed by atoms with E-state index in [1.54, 1.807) is 6.92 Å². The van der Waals surface area contributed by atoms with Gasteiger partial charge < -0.3 is 10.1 Å². The summed E-state index contributed by atoms with van der Waals surface area (Å²) < 4.78 is 57.2. The Morgan fingerprint density at radius 1 is 1.44 bits per heavy atom. The maximum atomic E-state index is 13.4. The molecule has 1 heterocycles. The highest BCUT2D eigenvalue weighted by atomic mass is 32.2.